The number of amides is 4. The monoisotopic (exact) mass is 207 g/mol. The highest BCUT2D eigenvalue weighted by Crippen LogP contribution is 2.45. The Bertz CT molecular complexity index is 372. The zero-order chi connectivity index (χ0) is 11.1. The zero-order valence-corrected chi connectivity index (χ0v) is 7.95. The molecule has 0 aromatic heterocycles. The van der Waals surface area contributed by atoms with Crippen molar-refractivity contribution in [2.45, 2.75) is 19.3 Å². The summed E-state index contributed by atoms with van der Waals surface area (Å²) in [4.78, 5) is 34.5. The second-order valence-corrected chi connectivity index (χ2v) is 3.90. The van der Waals surface area contributed by atoms with E-state index >= 15 is 0 Å². The first-order valence-electron chi connectivity index (χ1n) is 4.62. The summed E-state index contributed by atoms with van der Waals surface area (Å²) >= 11 is 0. The van der Waals surface area contributed by atoms with Gasteiger partial charge in [0.05, 0.1) is 11.5 Å². The summed E-state index contributed by atoms with van der Waals surface area (Å²) in [5.41, 5.74) is -0.562. The molecule has 6 nitrogen and oxygen atoms in total. The summed E-state index contributed by atoms with van der Waals surface area (Å²) in [5, 5.41) is 10.9. The van der Waals surface area contributed by atoms with Gasteiger partial charge in [-0.25, -0.2) is 4.79 Å². The molecule has 0 bridgehead atoms. The number of barbiturate groups is 1. The highest BCUT2D eigenvalue weighted by molar-refractivity contribution is 6.14. The minimum atomic E-state index is -0.710. The van der Waals surface area contributed by atoms with E-state index in [1.54, 1.807) is 0 Å². The van der Waals surface area contributed by atoms with Gasteiger partial charge in [0.15, 0.2) is 0 Å². The molecule has 0 aromatic carbocycles. The summed E-state index contributed by atoms with van der Waals surface area (Å²) in [6, 6.07) is 1.38. The fourth-order valence-electron chi connectivity index (χ4n) is 1.50. The van der Waals surface area contributed by atoms with E-state index in [2.05, 4.69) is 11.4 Å². The summed E-state index contributed by atoms with van der Waals surface area (Å²) in [6.07, 6.45) is 1.09. The fraction of sp³-hybridized carbons (Fsp3) is 0.556. The molecule has 2 aliphatic rings. The molecule has 1 saturated carbocycles. The lowest BCUT2D eigenvalue weighted by molar-refractivity contribution is -0.136. The van der Waals surface area contributed by atoms with Gasteiger partial charge < -0.3 is 0 Å². The molecule has 1 heterocycles. The molecule has 0 spiro atoms. The molecule has 0 radical (unpaired) electrons. The summed E-state index contributed by atoms with van der Waals surface area (Å²) in [7, 11) is 0. The van der Waals surface area contributed by atoms with Gasteiger partial charge in [0.2, 0.25) is 11.8 Å². The number of hydrogen-bond acceptors (Lipinski definition) is 4. The first-order valence-corrected chi connectivity index (χ1v) is 4.62. The minimum Gasteiger partial charge on any atom is -0.277 e. The smallest absolute Gasteiger partial charge is 0.277 e. The maximum Gasteiger partial charge on any atom is 0.330 e. The third-order valence-corrected chi connectivity index (χ3v) is 2.66. The Balaban J connectivity index is 2.09. The zero-order valence-electron chi connectivity index (χ0n) is 7.95. The van der Waals surface area contributed by atoms with Crippen LogP contribution in [0.4, 0.5) is 4.79 Å². The number of carbonyl (C=O) groups excluding carboxylic acids is 3. The van der Waals surface area contributed by atoms with Crippen molar-refractivity contribution >= 4 is 17.8 Å². The molecule has 15 heavy (non-hydrogen) atoms. The van der Waals surface area contributed by atoms with Crippen LogP contribution in [0.3, 0.4) is 0 Å². The van der Waals surface area contributed by atoms with Gasteiger partial charge in [-0.05, 0) is 12.8 Å². The van der Waals surface area contributed by atoms with Crippen molar-refractivity contribution in [3.8, 4) is 6.07 Å². The van der Waals surface area contributed by atoms with Gasteiger partial charge in [-0.3, -0.25) is 19.8 Å². The molecule has 1 aliphatic carbocycles. The van der Waals surface area contributed by atoms with Crippen LogP contribution in [0.2, 0.25) is 0 Å². The SMILES string of the molecule is N#CC1(CN2C(=O)CC(=O)NC2=O)CC1. The Labute approximate surface area is 85.8 Å². The molecule has 4 amide bonds. The van der Waals surface area contributed by atoms with Crippen molar-refractivity contribution in [1.29, 1.82) is 5.26 Å². The van der Waals surface area contributed by atoms with Crippen molar-refractivity contribution in [2.24, 2.45) is 5.41 Å². The largest absolute Gasteiger partial charge is 0.330 e. The van der Waals surface area contributed by atoms with Crippen molar-refractivity contribution < 1.29 is 14.4 Å². The second kappa shape index (κ2) is 3.05. The molecular weight excluding hydrogens is 198 g/mol. The van der Waals surface area contributed by atoms with Crippen molar-refractivity contribution in [3.63, 3.8) is 0 Å². The number of imide groups is 2. The predicted octanol–water partition coefficient (Wildman–Crippen LogP) is -0.241. The van der Waals surface area contributed by atoms with Crippen LogP contribution in [-0.4, -0.2) is 29.3 Å². The lowest BCUT2D eigenvalue weighted by Crippen LogP contribution is -2.54. The van der Waals surface area contributed by atoms with Crippen molar-refractivity contribution in [3.05, 3.63) is 0 Å². The van der Waals surface area contributed by atoms with E-state index in [0.29, 0.717) is 12.8 Å². The average molecular weight is 207 g/mol. The molecule has 78 valence electrons. The van der Waals surface area contributed by atoms with Gasteiger partial charge in [0, 0.05) is 6.54 Å². The van der Waals surface area contributed by atoms with E-state index in [1.165, 1.54) is 0 Å². The maximum absolute atomic E-state index is 11.4. The number of urea groups is 1. The van der Waals surface area contributed by atoms with Gasteiger partial charge >= 0.3 is 6.03 Å². The topological polar surface area (TPSA) is 90.3 Å². The standard InChI is InChI=1S/C9H9N3O3/c10-4-9(1-2-9)5-12-7(14)3-6(13)11-8(12)15/h1-3,5H2,(H,11,13,15). The number of hydrogen-bond donors (Lipinski definition) is 1. The van der Waals surface area contributed by atoms with Crippen LogP contribution < -0.4 is 5.32 Å². The molecule has 0 unspecified atom stereocenters. The number of carbonyl (C=O) groups is 3. The van der Waals surface area contributed by atoms with E-state index in [-0.39, 0.29) is 13.0 Å². The van der Waals surface area contributed by atoms with Crippen LogP contribution in [0, 0.1) is 16.7 Å². The first kappa shape index (κ1) is 9.65. The van der Waals surface area contributed by atoms with E-state index in [9.17, 15) is 14.4 Å². The maximum atomic E-state index is 11.4. The van der Waals surface area contributed by atoms with E-state index in [0.717, 1.165) is 4.90 Å². The molecule has 0 aromatic rings. The van der Waals surface area contributed by atoms with Crippen LogP contribution in [0.5, 0.6) is 0 Å². The molecule has 1 saturated heterocycles. The van der Waals surface area contributed by atoms with Crippen molar-refractivity contribution in [2.75, 3.05) is 6.54 Å². The lowest BCUT2D eigenvalue weighted by Gasteiger charge is -2.26. The summed E-state index contributed by atoms with van der Waals surface area (Å²) in [6.45, 7) is 0.0987. The Hall–Kier alpha value is -1.90. The summed E-state index contributed by atoms with van der Waals surface area (Å²) < 4.78 is 0. The van der Waals surface area contributed by atoms with Gasteiger partial charge in [0.1, 0.15) is 6.42 Å². The normalized spacial score (nSPS) is 23.4. The average Bonchev–Trinajstić information content (AvgIpc) is 2.92. The molecule has 2 fully saturated rings. The van der Waals surface area contributed by atoms with E-state index < -0.39 is 23.3 Å². The molecule has 2 rings (SSSR count). The van der Waals surface area contributed by atoms with Crippen LogP contribution in [0.1, 0.15) is 19.3 Å². The number of nitrogens with one attached hydrogen (secondary N) is 1. The highest BCUT2D eigenvalue weighted by atomic mass is 16.2. The Morgan fingerprint density at radius 2 is 2.07 bits per heavy atom. The predicted molar refractivity (Wildman–Crippen MR) is 47.1 cm³/mol. The van der Waals surface area contributed by atoms with Crippen LogP contribution in [-0.2, 0) is 9.59 Å². The fourth-order valence-corrected chi connectivity index (χ4v) is 1.50. The minimum absolute atomic E-state index is 0.0987. The van der Waals surface area contributed by atoms with E-state index in [4.69, 9.17) is 5.26 Å². The molecular formula is C9H9N3O3. The second-order valence-electron chi connectivity index (χ2n) is 3.90. The quantitative estimate of drug-likeness (QED) is 0.632. The third-order valence-electron chi connectivity index (χ3n) is 2.66. The Kier molecular flexibility index (Phi) is 1.96. The van der Waals surface area contributed by atoms with Crippen LogP contribution >= 0.6 is 0 Å². The van der Waals surface area contributed by atoms with E-state index in [1.807, 2.05) is 0 Å². The third kappa shape index (κ3) is 1.68. The van der Waals surface area contributed by atoms with Crippen LogP contribution in [0.15, 0.2) is 0 Å². The Morgan fingerprint density at radius 1 is 1.40 bits per heavy atom. The van der Waals surface area contributed by atoms with Gasteiger partial charge in [-0.15, -0.1) is 0 Å². The molecule has 1 aliphatic heterocycles. The van der Waals surface area contributed by atoms with Gasteiger partial charge in [0.25, 0.3) is 0 Å². The Morgan fingerprint density at radius 3 is 2.53 bits per heavy atom. The number of rotatable bonds is 2. The molecule has 6 heteroatoms. The highest BCUT2D eigenvalue weighted by Gasteiger charge is 2.47. The number of nitrogens with zero attached hydrogens (tertiary/aromatic N) is 2. The van der Waals surface area contributed by atoms with Gasteiger partial charge in [-0.2, -0.15) is 5.26 Å². The molecule has 0 atom stereocenters. The molecule has 1 N–H and O–H groups in total. The lowest BCUT2D eigenvalue weighted by atomic mass is 10.1. The number of nitriles is 1. The van der Waals surface area contributed by atoms with Gasteiger partial charge in [-0.1, -0.05) is 0 Å². The summed E-state index contributed by atoms with van der Waals surface area (Å²) in [5.74, 6) is -1.10. The first-order chi connectivity index (χ1) is 7.06. The van der Waals surface area contributed by atoms with Crippen LogP contribution in [0.25, 0.3) is 0 Å². The van der Waals surface area contributed by atoms with Crippen molar-refractivity contribution in [1.82, 2.24) is 10.2 Å².